The zero-order valence-corrected chi connectivity index (χ0v) is 17.1. The van der Waals surface area contributed by atoms with Gasteiger partial charge in [-0.05, 0) is 58.9 Å². The van der Waals surface area contributed by atoms with Crippen LogP contribution in [-0.4, -0.2) is 17.2 Å². The lowest BCUT2D eigenvalue weighted by Crippen LogP contribution is -2.27. The number of carboxylic acids is 1. The molecule has 28 heavy (non-hydrogen) atoms. The minimum atomic E-state index is -0.928. The summed E-state index contributed by atoms with van der Waals surface area (Å²) in [7, 11) is 0. The van der Waals surface area contributed by atoms with Gasteiger partial charge in [0.25, 0.3) is 0 Å². The number of hydrogen-bond acceptors (Lipinski definition) is 2. The van der Waals surface area contributed by atoms with Gasteiger partial charge in [0.1, 0.15) is 11.9 Å². The lowest BCUT2D eigenvalue weighted by Gasteiger charge is -2.39. The van der Waals surface area contributed by atoms with E-state index < -0.39 is 5.97 Å². The van der Waals surface area contributed by atoms with Crippen LogP contribution in [0.2, 0.25) is 0 Å². The fourth-order valence-corrected chi connectivity index (χ4v) is 5.31. The maximum absolute atomic E-state index is 10.8. The average molecular weight is 379 g/mol. The monoisotopic (exact) mass is 378 g/mol. The highest BCUT2D eigenvalue weighted by Gasteiger charge is 2.38. The predicted octanol–water partition coefficient (Wildman–Crippen LogP) is 5.76. The van der Waals surface area contributed by atoms with Gasteiger partial charge in [-0.15, -0.1) is 0 Å². The Balaban J connectivity index is 1.63. The normalized spacial score (nSPS) is 36.6. The van der Waals surface area contributed by atoms with E-state index in [1.54, 1.807) is 6.08 Å². The molecule has 0 amide bonds. The maximum atomic E-state index is 10.8. The summed E-state index contributed by atoms with van der Waals surface area (Å²) in [5.41, 5.74) is 4.35. The molecular formula is C25H30O3. The van der Waals surface area contributed by atoms with Crippen LogP contribution in [0.5, 0.6) is 0 Å². The number of aliphatic carboxylic acids is 1. The summed E-state index contributed by atoms with van der Waals surface area (Å²) in [6.45, 7) is 9.48. The Labute approximate surface area is 167 Å². The molecule has 0 radical (unpaired) electrons. The molecule has 148 valence electrons. The average Bonchev–Trinajstić information content (AvgIpc) is 3.12. The van der Waals surface area contributed by atoms with E-state index in [0.29, 0.717) is 23.7 Å². The minimum Gasteiger partial charge on any atom is -0.490 e. The number of rotatable bonds is 3. The van der Waals surface area contributed by atoms with Gasteiger partial charge in [-0.3, -0.25) is 0 Å². The molecule has 7 unspecified atom stereocenters. The van der Waals surface area contributed by atoms with Crippen LogP contribution in [0.25, 0.3) is 0 Å². The third-order valence-corrected chi connectivity index (χ3v) is 7.49. The van der Waals surface area contributed by atoms with E-state index in [4.69, 9.17) is 9.84 Å². The second kappa shape index (κ2) is 7.27. The van der Waals surface area contributed by atoms with Gasteiger partial charge in [-0.1, -0.05) is 58.0 Å². The van der Waals surface area contributed by atoms with Crippen LogP contribution in [-0.2, 0) is 9.53 Å². The van der Waals surface area contributed by atoms with Crippen molar-refractivity contribution in [2.45, 2.75) is 58.0 Å². The zero-order chi connectivity index (χ0) is 20.0. The lowest BCUT2D eigenvalue weighted by atomic mass is 9.65. The molecule has 1 saturated heterocycles. The van der Waals surface area contributed by atoms with Gasteiger partial charge in [0, 0.05) is 17.9 Å². The Bertz CT molecular complexity index is 863. The highest BCUT2D eigenvalue weighted by Crippen LogP contribution is 2.48. The summed E-state index contributed by atoms with van der Waals surface area (Å²) in [5, 5.41) is 8.89. The summed E-state index contributed by atoms with van der Waals surface area (Å²) < 4.78 is 6.01. The Kier molecular flexibility index (Phi) is 4.95. The Morgan fingerprint density at radius 2 is 1.82 bits per heavy atom. The molecule has 0 saturated carbocycles. The standard InChI is InChI=1S/C25H30O3/c1-14-15(2)17(4)22-12-18(8-10-20(22)16(14)3)21-6-5-7-24-23(21)13-19(28-24)9-11-25(26)27/h5-12,14-17,19,21,23H,13H2,1-4H3,(H,26,27). The van der Waals surface area contributed by atoms with E-state index in [1.807, 2.05) is 6.08 Å². The van der Waals surface area contributed by atoms with Gasteiger partial charge in [-0.2, -0.15) is 0 Å². The summed E-state index contributed by atoms with van der Waals surface area (Å²) in [4.78, 5) is 10.8. The van der Waals surface area contributed by atoms with Gasteiger partial charge in [-0.25, -0.2) is 4.79 Å². The van der Waals surface area contributed by atoms with Crippen molar-refractivity contribution in [1.29, 1.82) is 0 Å². The van der Waals surface area contributed by atoms with E-state index in [0.717, 1.165) is 12.2 Å². The summed E-state index contributed by atoms with van der Waals surface area (Å²) >= 11 is 0. The molecule has 1 N–H and O–H groups in total. The largest absolute Gasteiger partial charge is 0.490 e. The number of carbonyl (C=O) groups is 1. The summed E-state index contributed by atoms with van der Waals surface area (Å²) in [6, 6.07) is 7.07. The third kappa shape index (κ3) is 3.21. The number of fused-ring (bicyclic) bond motifs is 2. The van der Waals surface area contributed by atoms with Gasteiger partial charge in [0.15, 0.2) is 0 Å². The highest BCUT2D eigenvalue weighted by atomic mass is 16.5. The molecule has 1 heterocycles. The summed E-state index contributed by atoms with van der Waals surface area (Å²) in [5.74, 6) is 3.14. The van der Waals surface area contributed by atoms with Crippen LogP contribution in [0, 0.1) is 17.8 Å². The molecule has 0 bridgehead atoms. The van der Waals surface area contributed by atoms with Crippen molar-refractivity contribution in [3.8, 4) is 0 Å². The number of allylic oxidation sites excluding steroid dienone is 4. The molecular weight excluding hydrogens is 348 g/mol. The molecule has 1 aliphatic heterocycles. The molecule has 2 aliphatic carbocycles. The first-order valence-corrected chi connectivity index (χ1v) is 10.5. The van der Waals surface area contributed by atoms with Crippen LogP contribution < -0.4 is 0 Å². The van der Waals surface area contributed by atoms with E-state index in [-0.39, 0.29) is 17.9 Å². The van der Waals surface area contributed by atoms with Crippen LogP contribution in [0.3, 0.4) is 0 Å². The second-order valence-corrected chi connectivity index (χ2v) is 8.86. The third-order valence-electron chi connectivity index (χ3n) is 7.49. The molecule has 0 spiro atoms. The first kappa shape index (κ1) is 19.0. The van der Waals surface area contributed by atoms with Crippen LogP contribution in [0.15, 0.2) is 54.3 Å². The van der Waals surface area contributed by atoms with E-state index in [2.05, 4.69) is 58.0 Å². The van der Waals surface area contributed by atoms with Crippen molar-refractivity contribution in [1.82, 2.24) is 0 Å². The molecule has 1 aromatic rings. The number of ether oxygens (including phenoxy) is 1. The maximum Gasteiger partial charge on any atom is 0.328 e. The molecule has 3 nitrogen and oxygen atoms in total. The smallest absolute Gasteiger partial charge is 0.328 e. The van der Waals surface area contributed by atoms with Crippen molar-refractivity contribution in [3.63, 3.8) is 0 Å². The lowest BCUT2D eigenvalue weighted by molar-refractivity contribution is -0.131. The Morgan fingerprint density at radius 1 is 1.11 bits per heavy atom. The van der Waals surface area contributed by atoms with Gasteiger partial charge < -0.3 is 9.84 Å². The van der Waals surface area contributed by atoms with E-state index >= 15 is 0 Å². The van der Waals surface area contributed by atoms with E-state index in [9.17, 15) is 4.79 Å². The quantitative estimate of drug-likeness (QED) is 0.680. The number of benzene rings is 1. The van der Waals surface area contributed by atoms with Crippen molar-refractivity contribution in [3.05, 3.63) is 71.0 Å². The van der Waals surface area contributed by atoms with Gasteiger partial charge in [0.05, 0.1) is 0 Å². The van der Waals surface area contributed by atoms with Crippen molar-refractivity contribution >= 4 is 5.97 Å². The predicted molar refractivity (Wildman–Crippen MR) is 111 cm³/mol. The first-order valence-electron chi connectivity index (χ1n) is 10.5. The fraction of sp³-hybridized carbons (Fsp3) is 0.480. The number of hydrogen-bond donors (Lipinski definition) is 1. The SMILES string of the molecule is CC1c2ccc(C3C=CC=C4OC(C=CC(=O)O)CC43)cc2C(C)C(C)C1C. The number of carboxylic acid groups (broad SMARTS) is 1. The fourth-order valence-electron chi connectivity index (χ4n) is 5.31. The van der Waals surface area contributed by atoms with Crippen LogP contribution in [0.1, 0.15) is 68.6 Å². The van der Waals surface area contributed by atoms with E-state index in [1.165, 1.54) is 22.8 Å². The molecule has 1 fully saturated rings. The zero-order valence-electron chi connectivity index (χ0n) is 17.1. The molecule has 3 aliphatic rings. The van der Waals surface area contributed by atoms with Crippen molar-refractivity contribution in [2.24, 2.45) is 17.8 Å². The summed E-state index contributed by atoms with van der Waals surface area (Å²) in [6.07, 6.45) is 9.89. The molecule has 3 heteroatoms. The molecule has 0 aromatic heterocycles. The Hall–Kier alpha value is -2.29. The molecule has 1 aromatic carbocycles. The Morgan fingerprint density at radius 3 is 2.54 bits per heavy atom. The van der Waals surface area contributed by atoms with Crippen molar-refractivity contribution in [2.75, 3.05) is 0 Å². The molecule has 4 rings (SSSR count). The second-order valence-electron chi connectivity index (χ2n) is 8.86. The highest BCUT2D eigenvalue weighted by molar-refractivity contribution is 5.79. The van der Waals surface area contributed by atoms with Gasteiger partial charge in [0.2, 0.25) is 0 Å². The minimum absolute atomic E-state index is 0.160. The van der Waals surface area contributed by atoms with Crippen LogP contribution >= 0.6 is 0 Å². The molecule has 7 atom stereocenters. The first-order chi connectivity index (χ1) is 13.4. The van der Waals surface area contributed by atoms with Crippen LogP contribution in [0.4, 0.5) is 0 Å². The topological polar surface area (TPSA) is 46.5 Å². The van der Waals surface area contributed by atoms with Gasteiger partial charge >= 0.3 is 5.97 Å². The van der Waals surface area contributed by atoms with Crippen molar-refractivity contribution < 1.29 is 14.6 Å².